The highest BCUT2D eigenvalue weighted by Gasteiger charge is 2.20. The van der Waals surface area contributed by atoms with Gasteiger partial charge in [0.05, 0.1) is 21.0 Å². The fourth-order valence-electron chi connectivity index (χ4n) is 2.50. The number of rotatable bonds is 5. The molecule has 1 aromatic heterocycles. The molecule has 140 valence electrons. The molecule has 0 aliphatic carbocycles. The highest BCUT2D eigenvalue weighted by molar-refractivity contribution is 8.00. The summed E-state index contributed by atoms with van der Waals surface area (Å²) in [6, 6.07) is 13.2. The molecule has 0 bridgehead atoms. The minimum Gasteiger partial charge on any atom is -0.324 e. The minimum absolute atomic E-state index is 0.190. The zero-order valence-electron chi connectivity index (χ0n) is 15.0. The van der Waals surface area contributed by atoms with Gasteiger partial charge in [0.2, 0.25) is 5.91 Å². The molecule has 0 saturated carbocycles. The van der Waals surface area contributed by atoms with E-state index in [-0.39, 0.29) is 5.91 Å². The first-order valence-electron chi connectivity index (χ1n) is 8.24. The Morgan fingerprint density at radius 1 is 1.19 bits per heavy atom. The Bertz CT molecular complexity index is 990. The first-order valence-corrected chi connectivity index (χ1v) is 9.88. The van der Waals surface area contributed by atoms with Crippen molar-refractivity contribution in [2.45, 2.75) is 24.3 Å². The topological polar surface area (TPSA) is 59.8 Å². The van der Waals surface area contributed by atoms with Crippen molar-refractivity contribution in [2.24, 2.45) is 7.05 Å². The second kappa shape index (κ2) is 8.33. The third-order valence-corrected chi connectivity index (χ3v) is 5.92. The van der Waals surface area contributed by atoms with Gasteiger partial charge in [-0.15, -0.1) is 10.2 Å². The van der Waals surface area contributed by atoms with E-state index in [2.05, 4.69) is 21.6 Å². The number of nitrogens with one attached hydrogen (secondary N) is 1. The van der Waals surface area contributed by atoms with E-state index >= 15 is 0 Å². The van der Waals surface area contributed by atoms with Gasteiger partial charge >= 0.3 is 0 Å². The van der Waals surface area contributed by atoms with E-state index in [1.165, 1.54) is 11.8 Å². The molecule has 0 saturated heterocycles. The lowest BCUT2D eigenvalue weighted by molar-refractivity contribution is -0.115. The number of anilines is 1. The van der Waals surface area contributed by atoms with E-state index in [0.717, 1.165) is 17.0 Å². The molecule has 0 radical (unpaired) electrons. The number of amides is 1. The standard InChI is InChI=1S/C19H18Cl2N4OS/c1-11-6-4-7-13(10-11)17-23-24-19(25(17)3)27-12(2)18(26)22-15-9-5-8-14(20)16(15)21/h4-10,12H,1-3H3,(H,22,26). The van der Waals surface area contributed by atoms with Crippen molar-refractivity contribution < 1.29 is 4.79 Å². The molecule has 1 N–H and O–H groups in total. The Balaban J connectivity index is 1.73. The van der Waals surface area contributed by atoms with Crippen LogP contribution in [0.25, 0.3) is 11.4 Å². The second-order valence-electron chi connectivity index (χ2n) is 6.09. The maximum Gasteiger partial charge on any atom is 0.237 e. The van der Waals surface area contributed by atoms with Gasteiger partial charge < -0.3 is 9.88 Å². The van der Waals surface area contributed by atoms with Gasteiger partial charge in [-0.1, -0.05) is 64.8 Å². The smallest absolute Gasteiger partial charge is 0.237 e. The lowest BCUT2D eigenvalue weighted by atomic mass is 10.1. The van der Waals surface area contributed by atoms with Crippen LogP contribution >= 0.6 is 35.0 Å². The molecule has 3 rings (SSSR count). The predicted octanol–water partition coefficient (Wildman–Crippen LogP) is 5.22. The van der Waals surface area contributed by atoms with Crippen molar-refractivity contribution >= 4 is 46.6 Å². The van der Waals surface area contributed by atoms with Gasteiger partial charge in [0, 0.05) is 12.6 Å². The van der Waals surface area contributed by atoms with E-state index in [0.29, 0.717) is 20.9 Å². The van der Waals surface area contributed by atoms with Crippen LogP contribution in [0.1, 0.15) is 12.5 Å². The van der Waals surface area contributed by atoms with E-state index < -0.39 is 5.25 Å². The number of nitrogens with zero attached hydrogens (tertiary/aromatic N) is 3. The Kier molecular flexibility index (Phi) is 6.09. The average molecular weight is 421 g/mol. The Morgan fingerprint density at radius 2 is 1.93 bits per heavy atom. The number of hydrogen-bond donors (Lipinski definition) is 1. The molecule has 3 aromatic rings. The van der Waals surface area contributed by atoms with E-state index in [4.69, 9.17) is 23.2 Å². The first kappa shape index (κ1) is 19.7. The largest absolute Gasteiger partial charge is 0.324 e. The summed E-state index contributed by atoms with van der Waals surface area (Å²) in [6.45, 7) is 3.84. The van der Waals surface area contributed by atoms with Gasteiger partial charge in [0.1, 0.15) is 0 Å². The van der Waals surface area contributed by atoms with Crippen LogP contribution in [0.4, 0.5) is 5.69 Å². The van der Waals surface area contributed by atoms with Crippen molar-refractivity contribution in [3.8, 4) is 11.4 Å². The molecule has 1 heterocycles. The molecule has 1 atom stereocenters. The second-order valence-corrected chi connectivity index (χ2v) is 8.18. The monoisotopic (exact) mass is 420 g/mol. The number of thioether (sulfide) groups is 1. The highest BCUT2D eigenvalue weighted by atomic mass is 35.5. The zero-order chi connectivity index (χ0) is 19.6. The number of aromatic nitrogens is 3. The SMILES string of the molecule is Cc1cccc(-c2nnc(SC(C)C(=O)Nc3cccc(Cl)c3Cl)n2C)c1. The van der Waals surface area contributed by atoms with Crippen LogP contribution in [-0.4, -0.2) is 25.9 Å². The number of halogens is 2. The van der Waals surface area contributed by atoms with Gasteiger partial charge in [-0.2, -0.15) is 0 Å². The quantitative estimate of drug-likeness (QED) is 0.574. The molecule has 2 aromatic carbocycles. The van der Waals surface area contributed by atoms with Gasteiger partial charge in [-0.25, -0.2) is 0 Å². The lowest BCUT2D eigenvalue weighted by Gasteiger charge is -2.13. The molecule has 5 nitrogen and oxygen atoms in total. The van der Waals surface area contributed by atoms with Crippen LogP contribution in [0.5, 0.6) is 0 Å². The van der Waals surface area contributed by atoms with Crippen molar-refractivity contribution in [1.82, 2.24) is 14.8 Å². The van der Waals surface area contributed by atoms with Crippen LogP contribution in [0.2, 0.25) is 10.0 Å². The fraction of sp³-hybridized carbons (Fsp3) is 0.211. The first-order chi connectivity index (χ1) is 12.9. The number of benzene rings is 2. The van der Waals surface area contributed by atoms with Crippen molar-refractivity contribution in [1.29, 1.82) is 0 Å². The molecule has 0 aliphatic heterocycles. The van der Waals surface area contributed by atoms with Crippen LogP contribution in [0.3, 0.4) is 0 Å². The normalized spacial score (nSPS) is 12.0. The molecule has 27 heavy (non-hydrogen) atoms. The molecule has 1 unspecified atom stereocenters. The number of hydrogen-bond acceptors (Lipinski definition) is 4. The van der Waals surface area contributed by atoms with Crippen LogP contribution in [0, 0.1) is 6.92 Å². The summed E-state index contributed by atoms with van der Waals surface area (Å²) in [5, 5.41) is 12.3. The summed E-state index contributed by atoms with van der Waals surface area (Å²) >= 11 is 13.4. The van der Waals surface area contributed by atoms with Gasteiger partial charge in [0.25, 0.3) is 0 Å². The fourth-order valence-corrected chi connectivity index (χ4v) is 3.66. The summed E-state index contributed by atoms with van der Waals surface area (Å²) in [4.78, 5) is 12.5. The molecule has 0 aliphatic rings. The summed E-state index contributed by atoms with van der Waals surface area (Å²) in [6.07, 6.45) is 0. The van der Waals surface area contributed by atoms with Crippen molar-refractivity contribution in [3.05, 3.63) is 58.1 Å². The summed E-state index contributed by atoms with van der Waals surface area (Å²) in [5.74, 6) is 0.566. The molecule has 0 fully saturated rings. The zero-order valence-corrected chi connectivity index (χ0v) is 17.4. The average Bonchev–Trinajstić information content (AvgIpc) is 2.99. The van der Waals surface area contributed by atoms with Crippen molar-refractivity contribution in [2.75, 3.05) is 5.32 Å². The number of carbonyl (C=O) groups is 1. The summed E-state index contributed by atoms with van der Waals surface area (Å²) < 4.78 is 1.88. The van der Waals surface area contributed by atoms with Gasteiger partial charge in [-0.3, -0.25) is 4.79 Å². The minimum atomic E-state index is -0.395. The maximum atomic E-state index is 12.5. The molecular weight excluding hydrogens is 403 g/mol. The Morgan fingerprint density at radius 3 is 2.67 bits per heavy atom. The predicted molar refractivity (Wildman–Crippen MR) is 112 cm³/mol. The van der Waals surface area contributed by atoms with Gasteiger partial charge in [0.15, 0.2) is 11.0 Å². The van der Waals surface area contributed by atoms with E-state index in [9.17, 15) is 4.79 Å². The molecule has 0 spiro atoms. The third-order valence-electron chi connectivity index (χ3n) is 3.97. The molecular formula is C19H18Cl2N4OS. The summed E-state index contributed by atoms with van der Waals surface area (Å²) in [5.41, 5.74) is 2.62. The van der Waals surface area contributed by atoms with Crippen LogP contribution < -0.4 is 5.32 Å². The Hall–Kier alpha value is -2.02. The van der Waals surface area contributed by atoms with E-state index in [1.54, 1.807) is 25.1 Å². The molecule has 1 amide bonds. The van der Waals surface area contributed by atoms with E-state index in [1.807, 2.05) is 36.7 Å². The highest BCUT2D eigenvalue weighted by Crippen LogP contribution is 2.31. The Labute approximate surface area is 172 Å². The van der Waals surface area contributed by atoms with Crippen LogP contribution in [0.15, 0.2) is 47.6 Å². The number of carbonyl (C=O) groups excluding carboxylic acids is 1. The summed E-state index contributed by atoms with van der Waals surface area (Å²) in [7, 11) is 1.89. The third kappa shape index (κ3) is 4.46. The lowest BCUT2D eigenvalue weighted by Crippen LogP contribution is -2.23. The maximum absolute atomic E-state index is 12.5. The number of aryl methyl sites for hydroxylation is 1. The molecule has 8 heteroatoms. The van der Waals surface area contributed by atoms with Crippen LogP contribution in [-0.2, 0) is 11.8 Å². The van der Waals surface area contributed by atoms with Gasteiger partial charge in [-0.05, 0) is 32.0 Å². The van der Waals surface area contributed by atoms with Crippen molar-refractivity contribution in [3.63, 3.8) is 0 Å².